The highest BCUT2D eigenvalue weighted by molar-refractivity contribution is 9.11. The van der Waals surface area contributed by atoms with E-state index >= 15 is 0 Å². The molecule has 0 bridgehead atoms. The molecule has 1 aromatic heterocycles. The Morgan fingerprint density at radius 2 is 2.14 bits per heavy atom. The molecular formula is C20H20BrN3O3S2. The van der Waals surface area contributed by atoms with Crippen molar-refractivity contribution >= 4 is 67.7 Å². The van der Waals surface area contributed by atoms with Crippen LogP contribution < -0.4 is 15.1 Å². The number of nitrogens with zero attached hydrogens (tertiary/aromatic N) is 2. The van der Waals surface area contributed by atoms with Crippen molar-refractivity contribution < 1.29 is 14.3 Å². The first-order valence-corrected chi connectivity index (χ1v) is 11.3. The zero-order chi connectivity index (χ0) is 20.5. The van der Waals surface area contributed by atoms with Crippen molar-refractivity contribution in [1.82, 2.24) is 5.32 Å². The zero-order valence-corrected chi connectivity index (χ0v) is 19.0. The Morgan fingerprint density at radius 3 is 2.83 bits per heavy atom. The van der Waals surface area contributed by atoms with E-state index in [9.17, 15) is 9.59 Å². The van der Waals surface area contributed by atoms with Crippen LogP contribution in [0.3, 0.4) is 0 Å². The van der Waals surface area contributed by atoms with E-state index in [1.54, 1.807) is 11.0 Å². The largest absolute Gasteiger partial charge is 0.372 e. The van der Waals surface area contributed by atoms with Crippen molar-refractivity contribution in [2.24, 2.45) is 0 Å². The van der Waals surface area contributed by atoms with E-state index < -0.39 is 0 Å². The number of hydrogen-bond donors (Lipinski definition) is 1. The topological polar surface area (TPSA) is 61.9 Å². The molecule has 0 spiro atoms. The number of thiocarbonyl (C=S) groups is 1. The van der Waals surface area contributed by atoms with E-state index in [0.29, 0.717) is 31.1 Å². The first-order valence-electron chi connectivity index (χ1n) is 9.27. The maximum Gasteiger partial charge on any atom is 0.261 e. The van der Waals surface area contributed by atoms with Crippen LogP contribution in [0.25, 0.3) is 0 Å². The normalized spacial score (nSPS) is 19.7. The first kappa shape index (κ1) is 20.5. The molecule has 29 heavy (non-hydrogen) atoms. The molecule has 2 aromatic rings. The molecule has 1 unspecified atom stereocenters. The summed E-state index contributed by atoms with van der Waals surface area (Å²) >= 11 is 10.2. The molecule has 2 aliphatic rings. The van der Waals surface area contributed by atoms with Crippen LogP contribution in [0.2, 0.25) is 0 Å². The van der Waals surface area contributed by atoms with Crippen LogP contribution in [0, 0.1) is 6.92 Å². The molecule has 0 radical (unpaired) electrons. The minimum Gasteiger partial charge on any atom is -0.372 e. The number of ether oxygens (including phenoxy) is 1. The lowest BCUT2D eigenvalue weighted by Crippen LogP contribution is -2.41. The number of halogens is 1. The summed E-state index contributed by atoms with van der Waals surface area (Å²) in [6.07, 6.45) is 0.298. The van der Waals surface area contributed by atoms with Gasteiger partial charge in [0.25, 0.3) is 5.91 Å². The number of rotatable bonds is 4. The van der Waals surface area contributed by atoms with Crippen molar-refractivity contribution in [3.63, 3.8) is 0 Å². The van der Waals surface area contributed by atoms with Gasteiger partial charge in [0.2, 0.25) is 5.91 Å². The number of carbonyl (C=O) groups is 2. The predicted octanol–water partition coefficient (Wildman–Crippen LogP) is 3.52. The van der Waals surface area contributed by atoms with Crippen LogP contribution in [0.1, 0.15) is 21.7 Å². The maximum atomic E-state index is 12.6. The van der Waals surface area contributed by atoms with Gasteiger partial charge in [-0.15, -0.1) is 11.3 Å². The van der Waals surface area contributed by atoms with Gasteiger partial charge in [-0.25, -0.2) is 0 Å². The van der Waals surface area contributed by atoms with Gasteiger partial charge in [0, 0.05) is 30.9 Å². The van der Waals surface area contributed by atoms with Crippen LogP contribution in [0.5, 0.6) is 0 Å². The summed E-state index contributed by atoms with van der Waals surface area (Å²) < 4.78 is 6.30. The highest BCUT2D eigenvalue weighted by Crippen LogP contribution is 2.30. The summed E-state index contributed by atoms with van der Waals surface area (Å²) in [4.78, 5) is 30.2. The Labute approximate surface area is 186 Å². The molecule has 2 fully saturated rings. The van der Waals surface area contributed by atoms with E-state index in [2.05, 4.69) is 26.1 Å². The van der Waals surface area contributed by atoms with Gasteiger partial charge in [-0.05, 0) is 58.7 Å². The van der Waals surface area contributed by atoms with Gasteiger partial charge in [0.15, 0.2) is 0 Å². The van der Waals surface area contributed by atoms with Crippen LogP contribution in [0.15, 0.2) is 34.1 Å². The van der Waals surface area contributed by atoms with Gasteiger partial charge in [-0.3, -0.25) is 9.59 Å². The molecule has 3 heterocycles. The SMILES string of the molecule is Cc1cc(N2CC(NC(=O)c3ccc(Br)s3)CC2=O)ccc1N1CCOCC1=S. The maximum absolute atomic E-state index is 12.6. The number of nitrogens with one attached hydrogen (secondary N) is 1. The van der Waals surface area contributed by atoms with E-state index in [1.165, 1.54) is 11.3 Å². The molecule has 152 valence electrons. The summed E-state index contributed by atoms with van der Waals surface area (Å²) in [5.74, 6) is -0.135. The molecular weight excluding hydrogens is 474 g/mol. The third-order valence-corrected chi connectivity index (χ3v) is 6.99. The number of morpholine rings is 1. The highest BCUT2D eigenvalue weighted by atomic mass is 79.9. The molecule has 2 amide bonds. The molecule has 1 atom stereocenters. The molecule has 0 aliphatic carbocycles. The van der Waals surface area contributed by atoms with Crippen LogP contribution in [-0.2, 0) is 9.53 Å². The van der Waals surface area contributed by atoms with Gasteiger partial charge in [-0.1, -0.05) is 12.2 Å². The van der Waals surface area contributed by atoms with Gasteiger partial charge in [0.05, 0.1) is 27.9 Å². The van der Waals surface area contributed by atoms with Crippen LogP contribution in [-0.4, -0.2) is 49.1 Å². The van der Waals surface area contributed by atoms with Gasteiger partial charge in [0.1, 0.15) is 4.99 Å². The summed E-state index contributed by atoms with van der Waals surface area (Å²) in [6, 6.07) is 9.37. The fourth-order valence-corrected chi connectivity index (χ4v) is 5.19. The zero-order valence-electron chi connectivity index (χ0n) is 15.8. The minimum atomic E-state index is -0.206. The molecule has 4 rings (SSSR count). The standard InChI is InChI=1S/C20H20BrN3O3S2/c1-12-8-14(2-3-15(12)23-6-7-27-11-19(23)28)24-10-13(9-18(24)25)22-20(26)16-4-5-17(21)29-16/h2-5,8,13H,6-7,9-11H2,1H3,(H,22,26). The Morgan fingerprint density at radius 1 is 1.31 bits per heavy atom. The highest BCUT2D eigenvalue weighted by Gasteiger charge is 2.32. The Hall–Kier alpha value is -1.81. The summed E-state index contributed by atoms with van der Waals surface area (Å²) in [6.45, 7) is 4.32. The molecule has 1 N–H and O–H groups in total. The molecule has 2 saturated heterocycles. The summed E-state index contributed by atoms with van der Waals surface area (Å²) in [5.41, 5.74) is 2.93. The van der Waals surface area contributed by atoms with Crippen molar-refractivity contribution in [1.29, 1.82) is 0 Å². The number of anilines is 2. The third-order valence-electron chi connectivity index (χ3n) is 5.03. The second kappa shape index (κ2) is 8.51. The van der Waals surface area contributed by atoms with E-state index in [1.807, 2.05) is 31.2 Å². The van der Waals surface area contributed by atoms with E-state index in [-0.39, 0.29) is 17.9 Å². The quantitative estimate of drug-likeness (QED) is 0.660. The fourth-order valence-electron chi connectivity index (χ4n) is 3.63. The fraction of sp³-hybridized carbons (Fsp3) is 0.350. The Bertz CT molecular complexity index is 978. The molecule has 9 heteroatoms. The van der Waals surface area contributed by atoms with E-state index in [0.717, 1.165) is 32.3 Å². The lowest BCUT2D eigenvalue weighted by Gasteiger charge is -2.31. The lowest BCUT2D eigenvalue weighted by atomic mass is 10.1. The summed E-state index contributed by atoms with van der Waals surface area (Å²) in [5, 5.41) is 2.97. The monoisotopic (exact) mass is 493 g/mol. The van der Waals surface area contributed by atoms with Crippen molar-refractivity contribution in [3.8, 4) is 0 Å². The molecule has 6 nitrogen and oxygen atoms in total. The van der Waals surface area contributed by atoms with Crippen LogP contribution >= 0.6 is 39.5 Å². The smallest absolute Gasteiger partial charge is 0.261 e. The minimum absolute atomic E-state index is 0.0108. The number of amides is 2. The van der Waals surface area contributed by atoms with Crippen molar-refractivity contribution in [2.45, 2.75) is 19.4 Å². The van der Waals surface area contributed by atoms with Gasteiger partial charge in [-0.2, -0.15) is 0 Å². The van der Waals surface area contributed by atoms with Crippen molar-refractivity contribution in [2.75, 3.05) is 36.1 Å². The van der Waals surface area contributed by atoms with Crippen molar-refractivity contribution in [3.05, 3.63) is 44.6 Å². The number of aryl methyl sites for hydroxylation is 1. The number of hydrogen-bond acceptors (Lipinski definition) is 5. The van der Waals surface area contributed by atoms with Gasteiger partial charge >= 0.3 is 0 Å². The number of carbonyl (C=O) groups excluding carboxylic acids is 2. The predicted molar refractivity (Wildman–Crippen MR) is 122 cm³/mol. The molecule has 2 aliphatic heterocycles. The number of thiophene rings is 1. The van der Waals surface area contributed by atoms with Gasteiger partial charge < -0.3 is 19.9 Å². The molecule has 1 aromatic carbocycles. The number of benzene rings is 1. The lowest BCUT2D eigenvalue weighted by molar-refractivity contribution is -0.117. The first-order chi connectivity index (χ1) is 13.9. The second-order valence-corrected chi connectivity index (χ2v) is 9.99. The average Bonchev–Trinajstić information content (AvgIpc) is 3.28. The molecule has 0 saturated carbocycles. The Balaban J connectivity index is 1.46. The average molecular weight is 494 g/mol. The second-order valence-electron chi connectivity index (χ2n) is 7.05. The third kappa shape index (κ3) is 4.37. The Kier molecular flexibility index (Phi) is 6.00. The summed E-state index contributed by atoms with van der Waals surface area (Å²) in [7, 11) is 0. The van der Waals surface area contributed by atoms with E-state index in [4.69, 9.17) is 17.0 Å². The van der Waals surface area contributed by atoms with Crippen LogP contribution in [0.4, 0.5) is 11.4 Å².